The number of anilines is 1. The van der Waals surface area contributed by atoms with Gasteiger partial charge in [-0.25, -0.2) is 4.79 Å². The second kappa shape index (κ2) is 7.13. The van der Waals surface area contributed by atoms with Gasteiger partial charge in [-0.1, -0.05) is 29.8 Å². The Balaban J connectivity index is 3.02. The molecule has 5 nitrogen and oxygen atoms in total. The van der Waals surface area contributed by atoms with Crippen LogP contribution in [-0.4, -0.2) is 19.0 Å². The molecule has 0 atom stereocenters. The van der Waals surface area contributed by atoms with E-state index in [1.807, 2.05) is 26.0 Å². The highest BCUT2D eigenvalue weighted by Gasteiger charge is 2.11. The Kier molecular flexibility index (Phi) is 5.82. The van der Waals surface area contributed by atoms with Crippen LogP contribution in [0.2, 0.25) is 0 Å². The monoisotopic (exact) mass is 326 g/mol. The van der Waals surface area contributed by atoms with Crippen LogP contribution in [0.25, 0.3) is 0 Å². The zero-order valence-corrected chi connectivity index (χ0v) is 13.0. The highest BCUT2D eigenvalue weighted by atomic mass is 79.9. The third-order valence-electron chi connectivity index (χ3n) is 2.75. The Morgan fingerprint density at radius 2 is 1.84 bits per heavy atom. The van der Waals surface area contributed by atoms with Crippen molar-refractivity contribution in [2.75, 3.05) is 12.4 Å². The van der Waals surface area contributed by atoms with Crippen molar-refractivity contribution in [1.82, 2.24) is 5.32 Å². The summed E-state index contributed by atoms with van der Waals surface area (Å²) in [5.41, 5.74) is 8.46. The van der Waals surface area contributed by atoms with Crippen LogP contribution < -0.4 is 16.4 Å². The van der Waals surface area contributed by atoms with Gasteiger partial charge in [0, 0.05) is 17.2 Å². The largest absolute Gasteiger partial charge is 0.370 e. The number of halogens is 1. The van der Waals surface area contributed by atoms with Gasteiger partial charge in [-0.05, 0) is 36.1 Å². The van der Waals surface area contributed by atoms with Gasteiger partial charge in [0.05, 0.1) is 0 Å². The summed E-state index contributed by atoms with van der Waals surface area (Å²) in [4.78, 5) is 15.5. The minimum Gasteiger partial charge on any atom is -0.370 e. The molecule has 0 bridgehead atoms. The quantitative estimate of drug-likeness (QED) is 0.589. The normalized spacial score (nSPS) is 11.3. The molecular formula is C13H19BrN4O. The number of rotatable bonds is 3. The number of hydrogen-bond donors (Lipinski definition) is 3. The smallest absolute Gasteiger partial charge is 0.326 e. The number of carbonyl (C=O) groups is 1. The number of nitrogens with zero attached hydrogens (tertiary/aromatic N) is 1. The van der Waals surface area contributed by atoms with Crippen molar-refractivity contribution >= 4 is 33.6 Å². The summed E-state index contributed by atoms with van der Waals surface area (Å²) in [6.07, 6.45) is 1.67. The summed E-state index contributed by atoms with van der Waals surface area (Å²) in [6, 6.07) is 3.63. The molecule has 0 aliphatic carbocycles. The number of urea groups is 1. The molecule has 0 unspecified atom stereocenters. The van der Waals surface area contributed by atoms with Gasteiger partial charge in [0.2, 0.25) is 0 Å². The molecule has 6 heteroatoms. The lowest BCUT2D eigenvalue weighted by Gasteiger charge is -2.15. The highest BCUT2D eigenvalue weighted by molar-refractivity contribution is 9.10. The van der Waals surface area contributed by atoms with Gasteiger partial charge in [0.15, 0.2) is 5.96 Å². The van der Waals surface area contributed by atoms with E-state index in [0.717, 1.165) is 34.1 Å². The van der Waals surface area contributed by atoms with Crippen LogP contribution in [0.4, 0.5) is 10.5 Å². The lowest BCUT2D eigenvalue weighted by molar-refractivity contribution is 0.256. The fourth-order valence-corrected chi connectivity index (χ4v) is 2.31. The van der Waals surface area contributed by atoms with E-state index < -0.39 is 0 Å². The van der Waals surface area contributed by atoms with Gasteiger partial charge in [0.25, 0.3) is 0 Å². The first-order valence-corrected chi connectivity index (χ1v) is 6.92. The number of nitrogens with two attached hydrogens (primary N) is 1. The van der Waals surface area contributed by atoms with Crippen LogP contribution in [0, 0.1) is 0 Å². The molecule has 0 heterocycles. The summed E-state index contributed by atoms with van der Waals surface area (Å²) < 4.78 is 1.02. The van der Waals surface area contributed by atoms with Crippen LogP contribution in [0.15, 0.2) is 21.6 Å². The number of guanidine groups is 1. The SMILES string of the molecule is CCc1cc(Br)cc(CC)c1NC(=O)NC(N)=NC. The van der Waals surface area contributed by atoms with Crippen LogP contribution in [0.5, 0.6) is 0 Å². The Bertz CT molecular complexity index is 474. The van der Waals surface area contributed by atoms with Gasteiger partial charge in [-0.2, -0.15) is 0 Å². The average Bonchev–Trinajstić information content (AvgIpc) is 2.39. The molecular weight excluding hydrogens is 308 g/mol. The first kappa shape index (κ1) is 15.5. The topological polar surface area (TPSA) is 79.5 Å². The van der Waals surface area contributed by atoms with Crippen LogP contribution in [0.1, 0.15) is 25.0 Å². The average molecular weight is 327 g/mol. The van der Waals surface area contributed by atoms with Crippen molar-refractivity contribution in [2.45, 2.75) is 26.7 Å². The maximum atomic E-state index is 11.8. The third-order valence-corrected chi connectivity index (χ3v) is 3.21. The number of amides is 2. The van der Waals surface area contributed by atoms with E-state index in [0.29, 0.717) is 0 Å². The van der Waals surface area contributed by atoms with Crippen LogP contribution in [0.3, 0.4) is 0 Å². The molecule has 104 valence electrons. The summed E-state index contributed by atoms with van der Waals surface area (Å²) in [5.74, 6) is 0.0886. The number of nitrogens with one attached hydrogen (secondary N) is 2. The lowest BCUT2D eigenvalue weighted by atomic mass is 10.0. The Hall–Kier alpha value is -1.56. The first-order valence-electron chi connectivity index (χ1n) is 6.13. The van der Waals surface area contributed by atoms with Crippen molar-refractivity contribution in [2.24, 2.45) is 10.7 Å². The van der Waals surface area contributed by atoms with Gasteiger partial charge in [-0.3, -0.25) is 10.3 Å². The van der Waals surface area contributed by atoms with E-state index in [4.69, 9.17) is 5.73 Å². The molecule has 0 saturated carbocycles. The number of carbonyl (C=O) groups excluding carboxylic acids is 1. The van der Waals surface area contributed by atoms with Gasteiger partial charge < -0.3 is 11.1 Å². The standard InChI is InChI=1S/C13H19BrN4O/c1-4-8-6-10(14)7-9(5-2)11(8)17-13(19)18-12(15)16-3/h6-7H,4-5H2,1-3H3,(H4,15,16,17,18,19). The molecule has 1 aromatic carbocycles. The van der Waals surface area contributed by atoms with Gasteiger partial charge >= 0.3 is 6.03 Å². The maximum absolute atomic E-state index is 11.8. The number of benzene rings is 1. The van der Waals surface area contributed by atoms with Crippen LogP contribution >= 0.6 is 15.9 Å². The number of aryl methyl sites for hydroxylation is 2. The van der Waals surface area contributed by atoms with E-state index in [-0.39, 0.29) is 12.0 Å². The maximum Gasteiger partial charge on any atom is 0.326 e. The lowest BCUT2D eigenvalue weighted by Crippen LogP contribution is -2.39. The molecule has 1 rings (SSSR count). The molecule has 0 fully saturated rings. The molecule has 0 aliphatic heterocycles. The first-order chi connectivity index (χ1) is 9.01. The Labute approximate surface area is 121 Å². The molecule has 0 saturated heterocycles. The van der Waals surface area contributed by atoms with E-state index in [9.17, 15) is 4.79 Å². The summed E-state index contributed by atoms with van der Waals surface area (Å²) >= 11 is 3.48. The van der Waals surface area contributed by atoms with E-state index in [1.165, 1.54) is 7.05 Å². The van der Waals surface area contributed by atoms with E-state index in [1.54, 1.807) is 0 Å². The molecule has 0 aliphatic rings. The fourth-order valence-electron chi connectivity index (χ4n) is 1.76. The van der Waals surface area contributed by atoms with E-state index in [2.05, 4.69) is 31.6 Å². The molecule has 19 heavy (non-hydrogen) atoms. The fraction of sp³-hybridized carbons (Fsp3) is 0.385. The minimum absolute atomic E-state index is 0.0886. The predicted octanol–water partition coefficient (Wildman–Crippen LogP) is 2.64. The highest BCUT2D eigenvalue weighted by Crippen LogP contribution is 2.27. The second-order valence-corrected chi connectivity index (χ2v) is 4.91. The molecule has 4 N–H and O–H groups in total. The number of aliphatic imine (C=N–C) groups is 1. The van der Waals surface area contributed by atoms with E-state index >= 15 is 0 Å². The molecule has 0 radical (unpaired) electrons. The third kappa shape index (κ3) is 4.24. The zero-order valence-electron chi connectivity index (χ0n) is 11.4. The summed E-state index contributed by atoms with van der Waals surface area (Å²) in [6.45, 7) is 4.10. The molecule has 1 aromatic rings. The summed E-state index contributed by atoms with van der Waals surface area (Å²) in [5, 5.41) is 5.30. The van der Waals surface area contributed by atoms with Crippen molar-refractivity contribution in [3.8, 4) is 0 Å². The minimum atomic E-state index is -0.380. The summed E-state index contributed by atoms with van der Waals surface area (Å²) in [7, 11) is 1.52. The second-order valence-electron chi connectivity index (χ2n) is 3.99. The van der Waals surface area contributed by atoms with Gasteiger partial charge in [0.1, 0.15) is 0 Å². The van der Waals surface area contributed by atoms with Gasteiger partial charge in [-0.15, -0.1) is 0 Å². The van der Waals surface area contributed by atoms with Crippen molar-refractivity contribution in [3.05, 3.63) is 27.7 Å². The molecule has 2 amide bonds. The van der Waals surface area contributed by atoms with Crippen molar-refractivity contribution < 1.29 is 4.79 Å². The zero-order chi connectivity index (χ0) is 14.4. The predicted molar refractivity (Wildman–Crippen MR) is 82.6 cm³/mol. The Morgan fingerprint density at radius 3 is 2.26 bits per heavy atom. The molecule has 0 spiro atoms. The molecule has 0 aromatic heterocycles. The Morgan fingerprint density at radius 1 is 1.32 bits per heavy atom. The van der Waals surface area contributed by atoms with Crippen LogP contribution in [-0.2, 0) is 12.8 Å². The van der Waals surface area contributed by atoms with Crippen molar-refractivity contribution in [1.29, 1.82) is 0 Å². The number of hydrogen-bond acceptors (Lipinski definition) is 2. The van der Waals surface area contributed by atoms with Crippen molar-refractivity contribution in [3.63, 3.8) is 0 Å².